The predicted molar refractivity (Wildman–Crippen MR) is 116 cm³/mol. The third kappa shape index (κ3) is 5.72. The van der Waals surface area contributed by atoms with E-state index in [9.17, 15) is 22.8 Å². The van der Waals surface area contributed by atoms with E-state index in [2.05, 4.69) is 10.5 Å². The SMILES string of the molecule is CC(C)(C)OC(=O)N(NC(=O)c1ccnn1-c1ccc(C#N)cc1)c1cccc(C(F)(F)F)c1. The zero-order chi connectivity index (χ0) is 25.1. The number of benzene rings is 2. The summed E-state index contributed by atoms with van der Waals surface area (Å²) in [6.07, 6.45) is -4.40. The monoisotopic (exact) mass is 471 g/mol. The van der Waals surface area contributed by atoms with Crippen molar-refractivity contribution in [2.75, 3.05) is 5.01 Å². The van der Waals surface area contributed by atoms with Crippen molar-refractivity contribution in [3.05, 3.63) is 77.6 Å². The first-order chi connectivity index (χ1) is 15.9. The summed E-state index contributed by atoms with van der Waals surface area (Å²) >= 11 is 0. The van der Waals surface area contributed by atoms with Crippen molar-refractivity contribution in [3.8, 4) is 11.8 Å². The molecule has 11 heteroatoms. The van der Waals surface area contributed by atoms with Crippen LogP contribution < -0.4 is 10.4 Å². The average molecular weight is 471 g/mol. The molecular weight excluding hydrogens is 451 g/mol. The van der Waals surface area contributed by atoms with E-state index < -0.39 is 29.3 Å². The number of hydrogen-bond donors (Lipinski definition) is 1. The summed E-state index contributed by atoms with van der Waals surface area (Å²) in [6.45, 7) is 4.74. The highest BCUT2D eigenvalue weighted by molar-refractivity contribution is 5.99. The lowest BCUT2D eigenvalue weighted by atomic mass is 10.2. The summed E-state index contributed by atoms with van der Waals surface area (Å²) in [5, 5.41) is 13.6. The van der Waals surface area contributed by atoms with Crippen LogP contribution in [0, 0.1) is 11.3 Å². The molecule has 2 amide bonds. The standard InChI is InChI=1S/C23H20F3N5O3/c1-22(2,3)34-21(33)31(18-6-4-5-16(13-18)23(24,25)26)29-20(32)19-11-12-28-30(19)17-9-7-15(14-27)8-10-17/h4-13H,1-3H3,(H,29,32). The van der Waals surface area contributed by atoms with Crippen LogP contribution in [0.25, 0.3) is 5.69 Å². The number of nitrogens with one attached hydrogen (secondary N) is 1. The van der Waals surface area contributed by atoms with E-state index in [1.807, 2.05) is 6.07 Å². The molecule has 0 radical (unpaired) electrons. The number of amides is 2. The van der Waals surface area contributed by atoms with Gasteiger partial charge in [-0.2, -0.15) is 28.5 Å². The normalized spacial score (nSPS) is 11.4. The van der Waals surface area contributed by atoms with E-state index in [-0.39, 0.29) is 11.4 Å². The summed E-state index contributed by atoms with van der Waals surface area (Å²) in [5.41, 5.74) is 0.928. The van der Waals surface area contributed by atoms with Gasteiger partial charge in [0.15, 0.2) is 0 Å². The molecule has 3 rings (SSSR count). The van der Waals surface area contributed by atoms with Crippen molar-refractivity contribution in [3.63, 3.8) is 0 Å². The molecule has 0 unspecified atom stereocenters. The number of alkyl halides is 3. The lowest BCUT2D eigenvalue weighted by Gasteiger charge is -2.28. The summed E-state index contributed by atoms with van der Waals surface area (Å²) in [5.74, 6) is -0.829. The zero-order valence-corrected chi connectivity index (χ0v) is 18.4. The number of nitriles is 1. The number of halogens is 3. The molecule has 1 heterocycles. The lowest BCUT2D eigenvalue weighted by molar-refractivity contribution is -0.137. The molecule has 0 spiro atoms. The van der Waals surface area contributed by atoms with E-state index in [0.717, 1.165) is 18.2 Å². The quantitative estimate of drug-likeness (QED) is 0.551. The van der Waals surface area contributed by atoms with Crippen molar-refractivity contribution in [2.45, 2.75) is 32.5 Å². The van der Waals surface area contributed by atoms with Gasteiger partial charge in [0.1, 0.15) is 11.3 Å². The highest BCUT2D eigenvalue weighted by Crippen LogP contribution is 2.31. The first-order valence-corrected chi connectivity index (χ1v) is 9.95. The van der Waals surface area contributed by atoms with Gasteiger partial charge < -0.3 is 4.74 Å². The van der Waals surface area contributed by atoms with Gasteiger partial charge >= 0.3 is 12.3 Å². The highest BCUT2D eigenvalue weighted by atomic mass is 19.4. The third-order valence-corrected chi connectivity index (χ3v) is 4.34. The van der Waals surface area contributed by atoms with Gasteiger partial charge in [0.2, 0.25) is 0 Å². The number of hydrazine groups is 1. The molecule has 34 heavy (non-hydrogen) atoms. The topological polar surface area (TPSA) is 100 Å². The minimum absolute atomic E-state index is 0.00903. The summed E-state index contributed by atoms with van der Waals surface area (Å²) in [4.78, 5) is 25.9. The van der Waals surface area contributed by atoms with Crippen molar-refractivity contribution in [1.82, 2.24) is 15.2 Å². The molecule has 0 aliphatic heterocycles. The van der Waals surface area contributed by atoms with Gasteiger partial charge in [-0.15, -0.1) is 0 Å². The Bertz CT molecular complexity index is 1240. The summed E-state index contributed by atoms with van der Waals surface area (Å²) in [7, 11) is 0. The van der Waals surface area contributed by atoms with Crippen LogP contribution in [0.5, 0.6) is 0 Å². The second-order valence-corrected chi connectivity index (χ2v) is 8.09. The fourth-order valence-electron chi connectivity index (χ4n) is 2.86. The number of aromatic nitrogens is 2. The Morgan fingerprint density at radius 3 is 2.35 bits per heavy atom. The molecular formula is C23H20F3N5O3. The van der Waals surface area contributed by atoms with E-state index >= 15 is 0 Å². The van der Waals surface area contributed by atoms with Crippen LogP contribution in [-0.2, 0) is 10.9 Å². The number of rotatable bonds is 3. The Morgan fingerprint density at radius 2 is 1.76 bits per heavy atom. The first-order valence-electron chi connectivity index (χ1n) is 9.95. The molecule has 176 valence electrons. The van der Waals surface area contributed by atoms with Gasteiger partial charge in [0.25, 0.3) is 5.91 Å². The Labute approximate surface area is 193 Å². The molecule has 0 saturated heterocycles. The van der Waals surface area contributed by atoms with E-state index in [1.165, 1.54) is 35.1 Å². The Kier molecular flexibility index (Phi) is 6.63. The van der Waals surface area contributed by atoms with Crippen molar-refractivity contribution >= 4 is 17.7 Å². The van der Waals surface area contributed by atoms with Crippen LogP contribution in [-0.4, -0.2) is 27.4 Å². The zero-order valence-electron chi connectivity index (χ0n) is 18.4. The molecule has 0 bridgehead atoms. The van der Waals surface area contributed by atoms with E-state index in [4.69, 9.17) is 10.00 Å². The van der Waals surface area contributed by atoms with Gasteiger partial charge in [0, 0.05) is 0 Å². The molecule has 0 fully saturated rings. The number of nitrogens with zero attached hydrogens (tertiary/aromatic N) is 4. The summed E-state index contributed by atoms with van der Waals surface area (Å²) in [6, 6.07) is 13.5. The molecule has 0 aliphatic carbocycles. The minimum Gasteiger partial charge on any atom is -0.442 e. The summed E-state index contributed by atoms with van der Waals surface area (Å²) < 4.78 is 46.2. The van der Waals surface area contributed by atoms with Crippen LogP contribution >= 0.6 is 0 Å². The maximum absolute atomic E-state index is 13.2. The number of ether oxygens (including phenoxy) is 1. The van der Waals surface area contributed by atoms with Crippen molar-refractivity contribution in [1.29, 1.82) is 5.26 Å². The Morgan fingerprint density at radius 1 is 1.09 bits per heavy atom. The average Bonchev–Trinajstić information content (AvgIpc) is 3.25. The Balaban J connectivity index is 1.96. The minimum atomic E-state index is -4.66. The van der Waals surface area contributed by atoms with Crippen LogP contribution in [0.2, 0.25) is 0 Å². The molecule has 8 nitrogen and oxygen atoms in total. The third-order valence-electron chi connectivity index (χ3n) is 4.34. The second kappa shape index (κ2) is 9.27. The van der Waals surface area contributed by atoms with Crippen molar-refractivity contribution in [2.24, 2.45) is 0 Å². The van der Waals surface area contributed by atoms with Gasteiger partial charge in [0.05, 0.1) is 34.8 Å². The smallest absolute Gasteiger partial charge is 0.434 e. The number of carbonyl (C=O) groups excluding carboxylic acids is 2. The largest absolute Gasteiger partial charge is 0.442 e. The number of carbonyl (C=O) groups is 2. The van der Waals surface area contributed by atoms with E-state index in [0.29, 0.717) is 16.3 Å². The van der Waals surface area contributed by atoms with Crippen LogP contribution in [0.1, 0.15) is 42.4 Å². The van der Waals surface area contributed by atoms with E-state index in [1.54, 1.807) is 32.9 Å². The maximum atomic E-state index is 13.2. The molecule has 0 atom stereocenters. The van der Waals surface area contributed by atoms with Crippen LogP contribution in [0.15, 0.2) is 60.8 Å². The van der Waals surface area contributed by atoms with Gasteiger partial charge in [-0.25, -0.2) is 9.48 Å². The highest BCUT2D eigenvalue weighted by Gasteiger charge is 2.33. The molecule has 3 aromatic rings. The van der Waals surface area contributed by atoms with Crippen LogP contribution in [0.4, 0.5) is 23.7 Å². The fraction of sp³-hybridized carbons (Fsp3) is 0.217. The first kappa shape index (κ1) is 24.3. The van der Waals surface area contributed by atoms with Crippen LogP contribution in [0.3, 0.4) is 0 Å². The molecule has 1 aromatic heterocycles. The van der Waals surface area contributed by atoms with Gasteiger partial charge in [-0.1, -0.05) is 6.07 Å². The lowest BCUT2D eigenvalue weighted by Crippen LogP contribution is -2.49. The Hall–Kier alpha value is -4.33. The predicted octanol–water partition coefficient (Wildman–Crippen LogP) is 4.85. The molecule has 0 aliphatic rings. The molecule has 0 saturated carbocycles. The molecule has 1 N–H and O–H groups in total. The number of anilines is 1. The van der Waals surface area contributed by atoms with Crippen molar-refractivity contribution < 1.29 is 27.5 Å². The number of hydrogen-bond acceptors (Lipinski definition) is 5. The maximum Gasteiger partial charge on any atom is 0.434 e. The van der Waals surface area contributed by atoms with Gasteiger partial charge in [-0.05, 0) is 69.3 Å². The second-order valence-electron chi connectivity index (χ2n) is 8.09. The fourth-order valence-corrected chi connectivity index (χ4v) is 2.86. The van der Waals surface area contributed by atoms with Gasteiger partial charge in [-0.3, -0.25) is 10.2 Å². The molecule has 2 aromatic carbocycles.